The van der Waals surface area contributed by atoms with Gasteiger partial charge in [0.05, 0.1) is 6.10 Å². The molecule has 0 fully saturated rings. The summed E-state index contributed by atoms with van der Waals surface area (Å²) in [6.45, 7) is 7.21. The molecule has 102 valence electrons. The standard InChI is InChI=1S/C13H22N2O2S/c1-4-15(5-2)13(17)14-10(3)9-11(16)12-7-6-8-18-12/h6-8,10-11,16H,4-5,9H2,1-3H3,(H,14,17). The average molecular weight is 270 g/mol. The highest BCUT2D eigenvalue weighted by Crippen LogP contribution is 2.22. The van der Waals surface area contributed by atoms with E-state index in [1.54, 1.807) is 4.90 Å². The van der Waals surface area contributed by atoms with Crippen LogP contribution in [0.15, 0.2) is 17.5 Å². The second kappa shape index (κ2) is 7.38. The molecule has 2 atom stereocenters. The Morgan fingerprint density at radius 2 is 2.17 bits per heavy atom. The summed E-state index contributed by atoms with van der Waals surface area (Å²) < 4.78 is 0. The Morgan fingerprint density at radius 1 is 1.50 bits per heavy atom. The van der Waals surface area contributed by atoms with Crippen LogP contribution in [0.2, 0.25) is 0 Å². The minimum absolute atomic E-state index is 0.0461. The number of aliphatic hydroxyl groups excluding tert-OH is 1. The fourth-order valence-electron chi connectivity index (χ4n) is 1.80. The molecule has 0 saturated heterocycles. The van der Waals surface area contributed by atoms with Gasteiger partial charge in [-0.2, -0.15) is 0 Å². The van der Waals surface area contributed by atoms with Gasteiger partial charge in [-0.1, -0.05) is 6.07 Å². The summed E-state index contributed by atoms with van der Waals surface area (Å²) in [5.41, 5.74) is 0. The van der Waals surface area contributed by atoms with E-state index in [0.29, 0.717) is 19.5 Å². The molecule has 0 saturated carbocycles. The topological polar surface area (TPSA) is 52.6 Å². The van der Waals surface area contributed by atoms with Gasteiger partial charge in [-0.15, -0.1) is 11.3 Å². The first-order chi connectivity index (χ1) is 8.58. The highest BCUT2D eigenvalue weighted by Gasteiger charge is 2.17. The van der Waals surface area contributed by atoms with Crippen molar-refractivity contribution >= 4 is 17.4 Å². The van der Waals surface area contributed by atoms with Crippen molar-refractivity contribution in [1.82, 2.24) is 10.2 Å². The average Bonchev–Trinajstić information content (AvgIpc) is 2.83. The molecule has 5 heteroatoms. The first-order valence-corrected chi connectivity index (χ1v) is 7.23. The molecule has 1 heterocycles. The van der Waals surface area contributed by atoms with E-state index in [1.165, 1.54) is 11.3 Å². The van der Waals surface area contributed by atoms with E-state index in [4.69, 9.17) is 0 Å². The zero-order chi connectivity index (χ0) is 13.5. The van der Waals surface area contributed by atoms with E-state index in [-0.39, 0.29) is 12.1 Å². The van der Waals surface area contributed by atoms with Gasteiger partial charge >= 0.3 is 6.03 Å². The van der Waals surface area contributed by atoms with Crippen molar-refractivity contribution in [1.29, 1.82) is 0 Å². The summed E-state index contributed by atoms with van der Waals surface area (Å²) in [7, 11) is 0. The molecule has 0 radical (unpaired) electrons. The second-order valence-electron chi connectivity index (χ2n) is 4.29. The van der Waals surface area contributed by atoms with E-state index in [1.807, 2.05) is 38.3 Å². The Labute approximate surface area is 113 Å². The number of hydrogen-bond acceptors (Lipinski definition) is 3. The Balaban J connectivity index is 2.41. The Hall–Kier alpha value is -1.07. The molecule has 2 amide bonds. The number of urea groups is 1. The summed E-state index contributed by atoms with van der Waals surface area (Å²) in [4.78, 5) is 14.5. The summed E-state index contributed by atoms with van der Waals surface area (Å²) in [5.74, 6) is 0. The molecule has 0 aliphatic heterocycles. The van der Waals surface area contributed by atoms with Gasteiger partial charge in [-0.25, -0.2) is 4.79 Å². The van der Waals surface area contributed by atoms with Crippen molar-refractivity contribution in [2.75, 3.05) is 13.1 Å². The summed E-state index contributed by atoms with van der Waals surface area (Å²) in [5, 5.41) is 14.8. The molecule has 0 spiro atoms. The third-order valence-corrected chi connectivity index (χ3v) is 3.84. The van der Waals surface area contributed by atoms with E-state index in [2.05, 4.69) is 5.32 Å². The van der Waals surface area contributed by atoms with Crippen LogP contribution < -0.4 is 5.32 Å². The Bertz CT molecular complexity index is 350. The molecular weight excluding hydrogens is 248 g/mol. The predicted octanol–water partition coefficient (Wildman–Crippen LogP) is 2.61. The normalized spacial score (nSPS) is 14.0. The minimum Gasteiger partial charge on any atom is -0.387 e. The minimum atomic E-state index is -0.503. The number of nitrogens with one attached hydrogen (secondary N) is 1. The summed E-state index contributed by atoms with van der Waals surface area (Å²) in [6.07, 6.45) is 0.0325. The number of nitrogens with zero attached hydrogens (tertiary/aromatic N) is 1. The number of amides is 2. The van der Waals surface area contributed by atoms with Crippen molar-refractivity contribution in [3.05, 3.63) is 22.4 Å². The maximum Gasteiger partial charge on any atom is 0.317 e. The quantitative estimate of drug-likeness (QED) is 0.835. The summed E-state index contributed by atoms with van der Waals surface area (Å²) in [6, 6.07) is 3.72. The zero-order valence-corrected chi connectivity index (χ0v) is 12.0. The van der Waals surface area contributed by atoms with Crippen molar-refractivity contribution in [3.63, 3.8) is 0 Å². The lowest BCUT2D eigenvalue weighted by Crippen LogP contribution is -2.44. The molecule has 0 aliphatic rings. The van der Waals surface area contributed by atoms with Gasteiger partial charge in [0.1, 0.15) is 0 Å². The highest BCUT2D eigenvalue weighted by atomic mass is 32.1. The predicted molar refractivity (Wildman–Crippen MR) is 74.8 cm³/mol. The molecule has 0 aromatic carbocycles. The third-order valence-electron chi connectivity index (χ3n) is 2.87. The molecular formula is C13H22N2O2S. The molecule has 0 aliphatic carbocycles. The van der Waals surface area contributed by atoms with Crippen molar-refractivity contribution in [2.24, 2.45) is 0 Å². The lowest BCUT2D eigenvalue weighted by molar-refractivity contribution is 0.153. The second-order valence-corrected chi connectivity index (χ2v) is 5.27. The Kier molecular flexibility index (Phi) is 6.15. The van der Waals surface area contributed by atoms with Gasteiger partial charge in [0.15, 0.2) is 0 Å². The van der Waals surface area contributed by atoms with Crippen LogP contribution in [0.1, 0.15) is 38.2 Å². The number of rotatable bonds is 6. The summed E-state index contributed by atoms with van der Waals surface area (Å²) >= 11 is 1.53. The van der Waals surface area contributed by atoms with Gasteiger partial charge in [0.25, 0.3) is 0 Å². The fraction of sp³-hybridized carbons (Fsp3) is 0.615. The molecule has 2 unspecified atom stereocenters. The first kappa shape index (κ1) is 15.0. The van der Waals surface area contributed by atoms with Crippen molar-refractivity contribution < 1.29 is 9.90 Å². The smallest absolute Gasteiger partial charge is 0.317 e. The molecule has 1 aromatic rings. The van der Waals surface area contributed by atoms with Gasteiger partial charge in [-0.3, -0.25) is 0 Å². The van der Waals surface area contributed by atoms with E-state index < -0.39 is 6.10 Å². The van der Waals surface area contributed by atoms with Gasteiger partial charge in [0, 0.05) is 24.0 Å². The number of carbonyl (C=O) groups is 1. The number of hydrogen-bond donors (Lipinski definition) is 2. The maximum absolute atomic E-state index is 11.8. The van der Waals surface area contributed by atoms with E-state index in [0.717, 1.165) is 4.88 Å². The van der Waals surface area contributed by atoms with Crippen LogP contribution in [0.5, 0.6) is 0 Å². The number of aliphatic hydroxyl groups is 1. The zero-order valence-electron chi connectivity index (χ0n) is 11.2. The Morgan fingerprint density at radius 3 is 2.67 bits per heavy atom. The molecule has 2 N–H and O–H groups in total. The molecule has 18 heavy (non-hydrogen) atoms. The van der Waals surface area contributed by atoms with Crippen LogP contribution in [0.25, 0.3) is 0 Å². The van der Waals surface area contributed by atoms with E-state index in [9.17, 15) is 9.90 Å². The van der Waals surface area contributed by atoms with Crippen LogP contribution in [0.3, 0.4) is 0 Å². The van der Waals surface area contributed by atoms with Crippen LogP contribution in [0, 0.1) is 0 Å². The third kappa shape index (κ3) is 4.31. The molecule has 1 rings (SSSR count). The van der Waals surface area contributed by atoms with Crippen molar-refractivity contribution in [3.8, 4) is 0 Å². The number of carbonyl (C=O) groups excluding carboxylic acids is 1. The SMILES string of the molecule is CCN(CC)C(=O)NC(C)CC(O)c1cccs1. The van der Waals surface area contributed by atoms with Crippen LogP contribution in [0.4, 0.5) is 4.79 Å². The maximum atomic E-state index is 11.8. The highest BCUT2D eigenvalue weighted by molar-refractivity contribution is 7.10. The molecule has 1 aromatic heterocycles. The van der Waals surface area contributed by atoms with Crippen molar-refractivity contribution in [2.45, 2.75) is 39.3 Å². The lowest BCUT2D eigenvalue weighted by atomic mass is 10.1. The van der Waals surface area contributed by atoms with Gasteiger partial charge < -0.3 is 15.3 Å². The van der Waals surface area contributed by atoms with Crippen LogP contribution >= 0.6 is 11.3 Å². The number of thiophene rings is 1. The molecule has 0 bridgehead atoms. The van der Waals surface area contributed by atoms with Gasteiger partial charge in [0.2, 0.25) is 0 Å². The van der Waals surface area contributed by atoms with E-state index >= 15 is 0 Å². The monoisotopic (exact) mass is 270 g/mol. The lowest BCUT2D eigenvalue weighted by Gasteiger charge is -2.23. The molecule has 4 nitrogen and oxygen atoms in total. The fourth-order valence-corrected chi connectivity index (χ4v) is 2.53. The van der Waals surface area contributed by atoms with Crippen LogP contribution in [-0.2, 0) is 0 Å². The largest absolute Gasteiger partial charge is 0.387 e. The first-order valence-electron chi connectivity index (χ1n) is 6.35. The van der Waals surface area contributed by atoms with Crippen LogP contribution in [-0.4, -0.2) is 35.2 Å². The van der Waals surface area contributed by atoms with Gasteiger partial charge in [-0.05, 0) is 38.6 Å².